The molecular weight excluding hydrogens is 370 g/mol. The lowest BCUT2D eigenvalue weighted by molar-refractivity contribution is -0.384. The highest BCUT2D eigenvalue weighted by Crippen LogP contribution is 2.27. The third-order valence-corrected chi connectivity index (χ3v) is 4.91. The Balaban J connectivity index is 2.03. The number of nitro groups is 1. The van der Waals surface area contributed by atoms with E-state index in [4.69, 9.17) is 16.3 Å². The van der Waals surface area contributed by atoms with E-state index in [0.717, 1.165) is 6.07 Å². The van der Waals surface area contributed by atoms with E-state index in [1.165, 1.54) is 19.2 Å². The maximum Gasteiger partial charge on any atom is 0.293 e. The van der Waals surface area contributed by atoms with Gasteiger partial charge in [-0.3, -0.25) is 10.1 Å². The average molecular weight is 386 g/mol. The highest BCUT2D eigenvalue weighted by molar-refractivity contribution is 7.89. The molecule has 0 aliphatic heterocycles. The molecule has 0 saturated carbocycles. The minimum absolute atomic E-state index is 0.176. The molecule has 0 aliphatic rings. The van der Waals surface area contributed by atoms with Crippen LogP contribution in [0.5, 0.6) is 5.75 Å². The molecule has 2 aromatic carbocycles. The molecule has 0 spiro atoms. The van der Waals surface area contributed by atoms with Crippen molar-refractivity contribution in [1.29, 1.82) is 0 Å². The van der Waals surface area contributed by atoms with Crippen LogP contribution in [0.25, 0.3) is 0 Å². The van der Waals surface area contributed by atoms with Gasteiger partial charge in [0.05, 0.1) is 9.82 Å². The van der Waals surface area contributed by atoms with Crippen LogP contribution in [-0.2, 0) is 10.0 Å². The van der Waals surface area contributed by atoms with Crippen LogP contribution in [-0.4, -0.2) is 33.5 Å². The zero-order valence-electron chi connectivity index (χ0n) is 13.2. The topological polar surface area (TPSA) is 111 Å². The fourth-order valence-electron chi connectivity index (χ4n) is 1.98. The molecule has 0 unspecified atom stereocenters. The molecule has 0 amide bonds. The zero-order chi connectivity index (χ0) is 18.4. The Hall–Kier alpha value is -2.36. The van der Waals surface area contributed by atoms with E-state index in [0.29, 0.717) is 17.3 Å². The van der Waals surface area contributed by atoms with E-state index < -0.39 is 14.9 Å². The standard InChI is InChI=1S/C15H16ClN3O5S/c1-17-25(22,23)13-6-7-14(15(10-13)19(20)21)18-8-9-24-12-4-2-11(16)3-5-12/h2-7,10,17-18H,8-9H2,1H3. The minimum Gasteiger partial charge on any atom is -0.492 e. The first-order chi connectivity index (χ1) is 11.8. The van der Waals surface area contributed by atoms with Crippen LogP contribution in [0.2, 0.25) is 5.02 Å². The number of nitrogens with one attached hydrogen (secondary N) is 2. The molecule has 25 heavy (non-hydrogen) atoms. The normalized spacial score (nSPS) is 11.1. The summed E-state index contributed by atoms with van der Waals surface area (Å²) >= 11 is 5.78. The molecule has 0 heterocycles. The zero-order valence-corrected chi connectivity index (χ0v) is 14.8. The van der Waals surface area contributed by atoms with Crippen LogP contribution < -0.4 is 14.8 Å². The predicted octanol–water partition coefficient (Wildman–Crippen LogP) is 2.65. The van der Waals surface area contributed by atoms with Gasteiger partial charge in [-0.25, -0.2) is 13.1 Å². The maximum atomic E-state index is 11.7. The minimum atomic E-state index is -3.75. The van der Waals surface area contributed by atoms with Crippen molar-refractivity contribution in [3.8, 4) is 5.75 Å². The van der Waals surface area contributed by atoms with Crippen LogP contribution in [0.15, 0.2) is 47.4 Å². The number of nitrogens with zero attached hydrogens (tertiary/aromatic N) is 1. The smallest absolute Gasteiger partial charge is 0.293 e. The first kappa shape index (κ1) is 19.0. The highest BCUT2D eigenvalue weighted by Gasteiger charge is 2.20. The Morgan fingerprint density at radius 3 is 2.48 bits per heavy atom. The van der Waals surface area contributed by atoms with Gasteiger partial charge in [-0.15, -0.1) is 0 Å². The number of benzene rings is 2. The van der Waals surface area contributed by atoms with Gasteiger partial charge >= 0.3 is 0 Å². The molecule has 0 bridgehead atoms. The van der Waals surface area contributed by atoms with Gasteiger partial charge in [0, 0.05) is 17.6 Å². The van der Waals surface area contributed by atoms with Gasteiger partial charge in [-0.05, 0) is 43.4 Å². The van der Waals surface area contributed by atoms with E-state index >= 15 is 0 Å². The van der Waals surface area contributed by atoms with Gasteiger partial charge in [-0.2, -0.15) is 0 Å². The summed E-state index contributed by atoms with van der Waals surface area (Å²) in [5.41, 5.74) is -0.123. The molecule has 2 N–H and O–H groups in total. The summed E-state index contributed by atoms with van der Waals surface area (Å²) in [6, 6.07) is 10.5. The quantitative estimate of drug-likeness (QED) is 0.410. The number of halogens is 1. The highest BCUT2D eigenvalue weighted by atomic mass is 35.5. The summed E-state index contributed by atoms with van der Waals surface area (Å²) in [6.45, 7) is 0.553. The van der Waals surface area contributed by atoms with Gasteiger partial charge < -0.3 is 10.1 Å². The molecular formula is C15H16ClN3O5S. The van der Waals surface area contributed by atoms with E-state index in [1.807, 2.05) is 0 Å². The Labute approximate surface area is 150 Å². The largest absolute Gasteiger partial charge is 0.492 e. The Bertz CT molecular complexity index is 856. The third-order valence-electron chi connectivity index (χ3n) is 3.24. The Morgan fingerprint density at radius 1 is 1.20 bits per heavy atom. The molecule has 0 saturated heterocycles. The second-order valence-electron chi connectivity index (χ2n) is 4.87. The second kappa shape index (κ2) is 8.15. The monoisotopic (exact) mass is 385 g/mol. The van der Waals surface area contributed by atoms with E-state index in [2.05, 4.69) is 10.0 Å². The molecule has 0 radical (unpaired) electrons. The van der Waals surface area contributed by atoms with Crippen LogP contribution in [0.4, 0.5) is 11.4 Å². The molecule has 8 nitrogen and oxygen atoms in total. The molecule has 2 rings (SSSR count). The number of hydrogen-bond acceptors (Lipinski definition) is 6. The molecule has 134 valence electrons. The van der Waals surface area contributed by atoms with E-state index in [-0.39, 0.29) is 22.9 Å². The number of sulfonamides is 1. The fraction of sp³-hybridized carbons (Fsp3) is 0.200. The summed E-state index contributed by atoms with van der Waals surface area (Å²) in [5.74, 6) is 0.621. The lowest BCUT2D eigenvalue weighted by Gasteiger charge is -2.10. The fourth-order valence-corrected chi connectivity index (χ4v) is 2.86. The number of anilines is 1. The summed E-state index contributed by atoms with van der Waals surface area (Å²) in [6.07, 6.45) is 0. The van der Waals surface area contributed by atoms with Crippen LogP contribution in [0.3, 0.4) is 0 Å². The number of hydrogen-bond donors (Lipinski definition) is 2. The summed E-state index contributed by atoms with van der Waals surface area (Å²) in [4.78, 5) is 10.4. The average Bonchev–Trinajstić information content (AvgIpc) is 2.60. The first-order valence-corrected chi connectivity index (χ1v) is 9.04. The van der Waals surface area contributed by atoms with Gasteiger partial charge in [0.2, 0.25) is 10.0 Å². The van der Waals surface area contributed by atoms with Crippen LogP contribution in [0, 0.1) is 10.1 Å². The summed E-state index contributed by atoms with van der Waals surface area (Å²) in [5, 5.41) is 14.6. The van der Waals surface area contributed by atoms with Crippen LogP contribution >= 0.6 is 11.6 Å². The summed E-state index contributed by atoms with van der Waals surface area (Å²) < 4.78 is 31.1. The van der Waals surface area contributed by atoms with Crippen molar-refractivity contribution in [2.75, 3.05) is 25.5 Å². The number of nitro benzene ring substituents is 1. The maximum absolute atomic E-state index is 11.7. The summed E-state index contributed by atoms with van der Waals surface area (Å²) in [7, 11) is -2.52. The SMILES string of the molecule is CNS(=O)(=O)c1ccc(NCCOc2ccc(Cl)cc2)c([N+](=O)[O-])c1. The molecule has 10 heteroatoms. The Kier molecular flexibility index (Phi) is 6.18. The van der Waals surface area contributed by atoms with Crippen molar-refractivity contribution in [3.63, 3.8) is 0 Å². The van der Waals surface area contributed by atoms with Crippen molar-refractivity contribution < 1.29 is 18.1 Å². The van der Waals surface area contributed by atoms with Crippen molar-refractivity contribution in [2.24, 2.45) is 0 Å². The predicted molar refractivity (Wildman–Crippen MR) is 94.8 cm³/mol. The lowest BCUT2D eigenvalue weighted by atomic mass is 10.2. The van der Waals surface area contributed by atoms with Gasteiger partial charge in [0.15, 0.2) is 0 Å². The van der Waals surface area contributed by atoms with Crippen molar-refractivity contribution in [1.82, 2.24) is 4.72 Å². The van der Waals surface area contributed by atoms with Crippen molar-refractivity contribution in [2.45, 2.75) is 4.90 Å². The molecule has 0 aromatic heterocycles. The first-order valence-electron chi connectivity index (χ1n) is 7.18. The third kappa shape index (κ3) is 5.05. The number of ether oxygens (including phenoxy) is 1. The van der Waals surface area contributed by atoms with Gasteiger partial charge in [0.25, 0.3) is 5.69 Å². The molecule has 0 aliphatic carbocycles. The molecule has 0 fully saturated rings. The molecule has 0 atom stereocenters. The number of rotatable bonds is 8. The van der Waals surface area contributed by atoms with Gasteiger partial charge in [-0.1, -0.05) is 11.6 Å². The van der Waals surface area contributed by atoms with E-state index in [1.54, 1.807) is 24.3 Å². The molecule has 2 aromatic rings. The van der Waals surface area contributed by atoms with Crippen molar-refractivity contribution in [3.05, 3.63) is 57.6 Å². The van der Waals surface area contributed by atoms with Crippen LogP contribution in [0.1, 0.15) is 0 Å². The lowest BCUT2D eigenvalue weighted by Crippen LogP contribution is -2.19. The van der Waals surface area contributed by atoms with E-state index in [9.17, 15) is 18.5 Å². The van der Waals surface area contributed by atoms with Gasteiger partial charge in [0.1, 0.15) is 18.0 Å². The second-order valence-corrected chi connectivity index (χ2v) is 7.20. The Morgan fingerprint density at radius 2 is 1.88 bits per heavy atom. The van der Waals surface area contributed by atoms with Crippen molar-refractivity contribution >= 4 is 33.0 Å².